The van der Waals surface area contributed by atoms with Crippen LogP contribution in [0.25, 0.3) is 0 Å². The van der Waals surface area contributed by atoms with E-state index >= 15 is 0 Å². The Morgan fingerprint density at radius 1 is 1.08 bits per heavy atom. The van der Waals surface area contributed by atoms with Crippen LogP contribution in [0.2, 0.25) is 10.6 Å². The summed E-state index contributed by atoms with van der Waals surface area (Å²) < 4.78 is 8.46. The van der Waals surface area contributed by atoms with Crippen molar-refractivity contribution >= 4 is 23.9 Å². The van der Waals surface area contributed by atoms with Gasteiger partial charge in [-0.05, 0) is 0 Å². The molecule has 0 bridgehead atoms. The van der Waals surface area contributed by atoms with E-state index in [9.17, 15) is 0 Å². The molecule has 13 heavy (non-hydrogen) atoms. The second-order valence-corrected chi connectivity index (χ2v) is 4.90. The molecule has 0 aliphatic rings. The van der Waals surface area contributed by atoms with E-state index in [4.69, 9.17) is 9.46 Å². The number of rotatable bonds is 7. The summed E-state index contributed by atoms with van der Waals surface area (Å²) in [6.07, 6.45) is 7.22. The first-order valence-electron chi connectivity index (χ1n) is 5.11. The molecule has 0 saturated carbocycles. The van der Waals surface area contributed by atoms with Crippen LogP contribution in [0, 0.1) is 0 Å². The van der Waals surface area contributed by atoms with E-state index in [-0.39, 0.29) is 0 Å². The van der Waals surface area contributed by atoms with E-state index in [2.05, 4.69) is 13.8 Å². The molecular weight excluding hydrogens is 198 g/mol. The van der Waals surface area contributed by atoms with E-state index < -0.39 is 8.69 Å². The Morgan fingerprint density at radius 2 is 1.69 bits per heavy atom. The molecule has 0 saturated heterocycles. The molecule has 1 N–H and O–H groups in total. The standard InChI is InChI=1S/C6H13.C3H7.Al.HO2P/c1-3-5-6-4-2;1-3-2;;1-3-2/h1,3-6H2,2H3;1,3H2,2H3;;(H,1,2)/q;;+1;. The third-order valence-corrected chi connectivity index (χ3v) is 3.56. The Labute approximate surface area is 90.1 Å². The topological polar surface area (TPSA) is 37.3 Å². The molecule has 0 aliphatic carbocycles. The summed E-state index contributed by atoms with van der Waals surface area (Å²) >= 11 is 0.813. The van der Waals surface area contributed by atoms with Gasteiger partial charge in [0.1, 0.15) is 0 Å². The van der Waals surface area contributed by atoms with E-state index in [0.29, 0.717) is 0 Å². The Morgan fingerprint density at radius 3 is 2.15 bits per heavy atom. The zero-order chi connectivity index (χ0) is 10.4. The fourth-order valence-corrected chi connectivity index (χ4v) is 2.34. The zero-order valence-electron chi connectivity index (χ0n) is 8.83. The summed E-state index contributed by atoms with van der Waals surface area (Å²) in [4.78, 5) is 6.99. The van der Waals surface area contributed by atoms with Gasteiger partial charge in [0.2, 0.25) is 0 Å². The molecule has 0 amide bonds. The van der Waals surface area contributed by atoms with Gasteiger partial charge in [0.25, 0.3) is 0 Å². The van der Waals surface area contributed by atoms with Crippen molar-refractivity contribution in [3.63, 3.8) is 0 Å². The maximum atomic E-state index is 8.46. The Balaban J connectivity index is 0. The molecule has 0 aromatic rings. The van der Waals surface area contributed by atoms with Crippen LogP contribution in [0.3, 0.4) is 0 Å². The second-order valence-electron chi connectivity index (χ2n) is 3.01. The summed E-state index contributed by atoms with van der Waals surface area (Å²) in [7, 11) is -0.833. The van der Waals surface area contributed by atoms with Crippen molar-refractivity contribution in [2.45, 2.75) is 56.5 Å². The van der Waals surface area contributed by atoms with Gasteiger partial charge in [0.05, 0.1) is 0 Å². The third-order valence-electron chi connectivity index (χ3n) is 1.75. The average Bonchev–Trinajstić information content (AvgIpc) is 2.13. The first-order valence-corrected chi connectivity index (χ1v) is 7.51. The van der Waals surface area contributed by atoms with Crippen LogP contribution >= 0.6 is 8.69 Å². The Bertz CT molecular complexity index is 83.7. The summed E-state index contributed by atoms with van der Waals surface area (Å²) in [5, 5.41) is 3.07. The van der Waals surface area contributed by atoms with Crippen molar-refractivity contribution in [2.24, 2.45) is 0 Å². The van der Waals surface area contributed by atoms with Gasteiger partial charge in [-0.2, -0.15) is 0 Å². The summed E-state index contributed by atoms with van der Waals surface area (Å²) in [5.41, 5.74) is 0. The quantitative estimate of drug-likeness (QED) is 0.402. The van der Waals surface area contributed by atoms with E-state index in [1.807, 2.05) is 0 Å². The summed E-state index contributed by atoms with van der Waals surface area (Å²) in [6.45, 7) is 4.57. The van der Waals surface area contributed by atoms with E-state index in [1.54, 1.807) is 5.28 Å². The number of hydrogen-bond acceptors (Lipinski definition) is 1. The van der Waals surface area contributed by atoms with Crippen molar-refractivity contribution < 1.29 is 9.46 Å². The molecular formula is C9H21AlO2P+. The second kappa shape index (κ2) is 18.4. The van der Waals surface area contributed by atoms with Gasteiger partial charge in [-0.1, -0.05) is 0 Å². The maximum absolute atomic E-state index is 8.46. The molecule has 4 heteroatoms. The number of unbranched alkanes of at least 4 members (excludes halogenated alkanes) is 3. The SMILES string of the molecule is CCCCC[CH2][Al+][CH2]CC.O=PO. The summed E-state index contributed by atoms with van der Waals surface area (Å²) in [5.74, 6) is 0. The molecule has 0 aromatic heterocycles. The predicted octanol–water partition coefficient (Wildman–Crippen LogP) is 3.70. The Hall–Kier alpha value is 0.592. The van der Waals surface area contributed by atoms with Gasteiger partial charge >= 0.3 is 80.4 Å². The molecule has 0 aromatic carbocycles. The molecule has 0 atom stereocenters. The monoisotopic (exact) mass is 219 g/mol. The molecule has 0 spiro atoms. The van der Waals surface area contributed by atoms with Gasteiger partial charge in [0, 0.05) is 0 Å². The van der Waals surface area contributed by atoms with Gasteiger partial charge in [-0.15, -0.1) is 0 Å². The van der Waals surface area contributed by atoms with Gasteiger partial charge in [-0.25, -0.2) is 4.57 Å². The van der Waals surface area contributed by atoms with Crippen molar-refractivity contribution in [2.75, 3.05) is 0 Å². The zero-order valence-corrected chi connectivity index (χ0v) is 10.9. The minimum Gasteiger partial charge on any atom is -0.310 e. The van der Waals surface area contributed by atoms with Crippen LogP contribution in [0.4, 0.5) is 0 Å². The molecule has 0 fully saturated rings. The molecule has 0 heterocycles. The predicted molar refractivity (Wildman–Crippen MR) is 59.6 cm³/mol. The van der Waals surface area contributed by atoms with Crippen LogP contribution in [-0.4, -0.2) is 20.1 Å². The fourth-order valence-electron chi connectivity index (χ4n) is 1.06. The molecule has 2 nitrogen and oxygen atoms in total. The number of hydrogen-bond donors (Lipinski definition) is 1. The van der Waals surface area contributed by atoms with E-state index in [0.717, 1.165) is 15.2 Å². The van der Waals surface area contributed by atoms with Gasteiger partial charge < -0.3 is 4.89 Å². The molecule has 0 radical (unpaired) electrons. The third kappa shape index (κ3) is 24.5. The van der Waals surface area contributed by atoms with Gasteiger partial charge in [0.15, 0.2) is 0 Å². The minimum atomic E-state index is -0.833. The largest absolute Gasteiger partial charge is 0.324 e. The maximum Gasteiger partial charge on any atom is 0.324 e. The summed E-state index contributed by atoms with van der Waals surface area (Å²) in [6, 6.07) is 0. The van der Waals surface area contributed by atoms with Crippen molar-refractivity contribution in [1.82, 2.24) is 0 Å². The first kappa shape index (κ1) is 16.0. The van der Waals surface area contributed by atoms with Crippen LogP contribution in [0.15, 0.2) is 0 Å². The van der Waals surface area contributed by atoms with Crippen molar-refractivity contribution in [3.05, 3.63) is 0 Å². The smallest absolute Gasteiger partial charge is 0.310 e. The van der Waals surface area contributed by atoms with Crippen LogP contribution in [-0.2, 0) is 4.57 Å². The normalized spacial score (nSPS) is 8.85. The van der Waals surface area contributed by atoms with Crippen molar-refractivity contribution in [1.29, 1.82) is 0 Å². The first-order chi connectivity index (χ1) is 6.33. The van der Waals surface area contributed by atoms with Gasteiger partial charge in [-0.3, -0.25) is 0 Å². The van der Waals surface area contributed by atoms with Crippen LogP contribution < -0.4 is 0 Å². The van der Waals surface area contributed by atoms with E-state index in [1.165, 1.54) is 37.4 Å². The van der Waals surface area contributed by atoms with Crippen LogP contribution in [0.5, 0.6) is 0 Å². The minimum absolute atomic E-state index is 0.813. The Kier molecular flexibility index (Phi) is 22.7. The molecule has 0 unspecified atom stereocenters. The average molecular weight is 219 g/mol. The van der Waals surface area contributed by atoms with Crippen molar-refractivity contribution in [3.8, 4) is 0 Å². The fraction of sp³-hybridized carbons (Fsp3) is 1.00. The van der Waals surface area contributed by atoms with Crippen LogP contribution in [0.1, 0.15) is 46.0 Å². The molecule has 0 rings (SSSR count). The molecule has 0 aliphatic heterocycles. The molecule has 76 valence electrons.